The van der Waals surface area contributed by atoms with Gasteiger partial charge in [0, 0.05) is 32.1 Å². The molecule has 1 N–H and O–H groups in total. The minimum absolute atomic E-state index is 0.200. The number of halogens is 1. The number of carbonyl (C=O) groups excluding carboxylic acids is 2. The lowest BCUT2D eigenvalue weighted by Crippen LogP contribution is -2.10. The third kappa shape index (κ3) is 4.17. The van der Waals surface area contributed by atoms with Crippen LogP contribution in [-0.4, -0.2) is 25.9 Å². The van der Waals surface area contributed by atoms with Gasteiger partial charge in [0.05, 0.1) is 14.2 Å². The summed E-state index contributed by atoms with van der Waals surface area (Å²) in [6, 6.07) is 17.4. The molecule has 0 saturated heterocycles. The van der Waals surface area contributed by atoms with Gasteiger partial charge in [-0.2, -0.15) is 0 Å². The number of aryl methyl sites for hydroxylation is 1. The summed E-state index contributed by atoms with van der Waals surface area (Å²) < 4.78 is 23.0. The van der Waals surface area contributed by atoms with Gasteiger partial charge < -0.3 is 23.6 Å². The molecule has 8 heteroatoms. The minimum Gasteiger partial charge on any atom is -0.493 e. The smallest absolute Gasteiger partial charge is 0.291 e. The maximum absolute atomic E-state index is 13.2. The first kappa shape index (κ1) is 22.7. The number of furan rings is 2. The lowest BCUT2D eigenvalue weighted by molar-refractivity contribution is 0.0995. The monoisotopic (exact) mass is 533 g/mol. The van der Waals surface area contributed by atoms with Gasteiger partial charge >= 0.3 is 0 Å². The van der Waals surface area contributed by atoms with Crippen molar-refractivity contribution in [1.29, 1.82) is 0 Å². The molecule has 0 unspecified atom stereocenters. The topological polar surface area (TPSA) is 90.9 Å². The average molecular weight is 534 g/mol. The maximum Gasteiger partial charge on any atom is 0.291 e. The van der Waals surface area contributed by atoms with Crippen molar-refractivity contribution in [3.05, 3.63) is 87.8 Å². The van der Waals surface area contributed by atoms with E-state index in [1.165, 1.54) is 14.2 Å². The number of amides is 1. The van der Waals surface area contributed by atoms with Crippen molar-refractivity contribution in [3.63, 3.8) is 0 Å². The van der Waals surface area contributed by atoms with E-state index < -0.39 is 0 Å². The Kier molecular flexibility index (Phi) is 5.82. The Labute approximate surface area is 208 Å². The molecule has 176 valence electrons. The molecule has 35 heavy (non-hydrogen) atoms. The largest absolute Gasteiger partial charge is 0.493 e. The summed E-state index contributed by atoms with van der Waals surface area (Å²) in [6.07, 6.45) is 0. The molecule has 5 aromatic rings. The van der Waals surface area contributed by atoms with Crippen molar-refractivity contribution < 1.29 is 27.9 Å². The van der Waals surface area contributed by atoms with Gasteiger partial charge in [-0.05, 0) is 67.6 Å². The third-order valence-corrected chi connectivity index (χ3v) is 6.24. The second-order valence-corrected chi connectivity index (χ2v) is 8.83. The van der Waals surface area contributed by atoms with Crippen molar-refractivity contribution in [3.8, 4) is 11.5 Å². The third-order valence-electron chi connectivity index (χ3n) is 5.75. The standard InChI is InChI=1S/C27H20BrNO6/c1-14-19-13-18(29-27(31)24-12-16-10-17(28)5-8-20(16)34-24)6-9-21(19)35-26(14)25(30)15-4-7-22(32-2)23(11-15)33-3/h4-13H,1-3H3,(H,29,31). The fourth-order valence-corrected chi connectivity index (χ4v) is 4.32. The first-order valence-electron chi connectivity index (χ1n) is 10.7. The van der Waals surface area contributed by atoms with Gasteiger partial charge in [-0.1, -0.05) is 15.9 Å². The van der Waals surface area contributed by atoms with E-state index in [0.717, 1.165) is 15.2 Å². The van der Waals surface area contributed by atoms with Crippen molar-refractivity contribution in [2.24, 2.45) is 0 Å². The van der Waals surface area contributed by atoms with Crippen LogP contribution in [0.5, 0.6) is 11.5 Å². The molecule has 0 radical (unpaired) electrons. The van der Waals surface area contributed by atoms with E-state index >= 15 is 0 Å². The number of hydrogen-bond acceptors (Lipinski definition) is 6. The van der Waals surface area contributed by atoms with Crippen molar-refractivity contribution >= 4 is 55.2 Å². The second kappa shape index (κ2) is 8.96. The number of methoxy groups -OCH3 is 2. The van der Waals surface area contributed by atoms with Crippen LogP contribution in [0.2, 0.25) is 0 Å². The van der Waals surface area contributed by atoms with Crippen molar-refractivity contribution in [1.82, 2.24) is 0 Å². The highest BCUT2D eigenvalue weighted by Crippen LogP contribution is 2.33. The van der Waals surface area contributed by atoms with E-state index in [4.69, 9.17) is 18.3 Å². The number of fused-ring (bicyclic) bond motifs is 2. The molecule has 2 heterocycles. The summed E-state index contributed by atoms with van der Waals surface area (Å²) in [6.45, 7) is 1.81. The first-order valence-corrected chi connectivity index (χ1v) is 11.5. The summed E-state index contributed by atoms with van der Waals surface area (Å²) in [7, 11) is 3.05. The Morgan fingerprint density at radius 3 is 2.40 bits per heavy atom. The molecular formula is C27H20BrNO6. The molecule has 0 fully saturated rings. The Balaban J connectivity index is 1.43. The quantitative estimate of drug-likeness (QED) is 0.243. The zero-order valence-electron chi connectivity index (χ0n) is 19.1. The summed E-state index contributed by atoms with van der Waals surface area (Å²) >= 11 is 3.42. The molecule has 0 aliphatic carbocycles. The lowest BCUT2D eigenvalue weighted by Gasteiger charge is -2.08. The predicted molar refractivity (Wildman–Crippen MR) is 136 cm³/mol. The van der Waals surface area contributed by atoms with Crippen LogP contribution in [0.4, 0.5) is 5.69 Å². The highest BCUT2D eigenvalue weighted by Gasteiger charge is 2.21. The Hall–Kier alpha value is -4.04. The number of nitrogens with one attached hydrogen (secondary N) is 1. The van der Waals surface area contributed by atoms with E-state index in [9.17, 15) is 9.59 Å². The molecule has 1 amide bonds. The highest BCUT2D eigenvalue weighted by atomic mass is 79.9. The molecule has 0 atom stereocenters. The van der Waals surface area contributed by atoms with Gasteiger partial charge in [-0.3, -0.25) is 9.59 Å². The SMILES string of the molecule is COc1ccc(C(=O)c2oc3ccc(NC(=O)c4cc5cc(Br)ccc5o4)cc3c2C)cc1OC. The van der Waals surface area contributed by atoms with E-state index in [2.05, 4.69) is 21.2 Å². The summed E-state index contributed by atoms with van der Waals surface area (Å²) in [5.74, 6) is 0.751. The predicted octanol–water partition coefficient (Wildman–Crippen LogP) is 6.75. The molecule has 3 aromatic carbocycles. The normalized spacial score (nSPS) is 11.1. The number of ketones is 1. The van der Waals surface area contributed by atoms with Gasteiger partial charge in [-0.25, -0.2) is 0 Å². The minimum atomic E-state index is -0.376. The van der Waals surface area contributed by atoms with Crippen LogP contribution in [-0.2, 0) is 0 Å². The number of carbonyl (C=O) groups is 2. The summed E-state index contributed by atoms with van der Waals surface area (Å²) in [4.78, 5) is 26.0. The Morgan fingerprint density at radius 1 is 0.857 bits per heavy atom. The molecule has 2 aromatic heterocycles. The lowest BCUT2D eigenvalue weighted by atomic mass is 10.0. The van der Waals surface area contributed by atoms with Gasteiger partial charge in [-0.15, -0.1) is 0 Å². The van der Waals surface area contributed by atoms with E-state index in [-0.39, 0.29) is 23.2 Å². The fraction of sp³-hybridized carbons (Fsp3) is 0.111. The van der Waals surface area contributed by atoms with Crippen LogP contribution in [0.3, 0.4) is 0 Å². The van der Waals surface area contributed by atoms with Gasteiger partial charge in [0.2, 0.25) is 5.78 Å². The van der Waals surface area contributed by atoms with Crippen LogP contribution in [0.25, 0.3) is 21.9 Å². The van der Waals surface area contributed by atoms with E-state index in [1.54, 1.807) is 48.5 Å². The molecule has 0 spiro atoms. The van der Waals surface area contributed by atoms with Crippen LogP contribution >= 0.6 is 15.9 Å². The molecular weight excluding hydrogens is 514 g/mol. The average Bonchev–Trinajstić information content (AvgIpc) is 3.44. The summed E-state index contributed by atoms with van der Waals surface area (Å²) in [5, 5.41) is 4.40. The Morgan fingerprint density at radius 2 is 1.63 bits per heavy atom. The first-order chi connectivity index (χ1) is 16.9. The molecule has 5 rings (SSSR count). The number of benzene rings is 3. The van der Waals surface area contributed by atoms with Gasteiger partial charge in [0.1, 0.15) is 11.2 Å². The van der Waals surface area contributed by atoms with Crippen molar-refractivity contribution in [2.45, 2.75) is 6.92 Å². The molecule has 0 aliphatic rings. The number of ether oxygens (including phenoxy) is 2. The zero-order chi connectivity index (χ0) is 24.7. The summed E-state index contributed by atoms with van der Waals surface area (Å²) in [5.41, 5.74) is 2.80. The maximum atomic E-state index is 13.2. The van der Waals surface area contributed by atoms with Crippen LogP contribution < -0.4 is 14.8 Å². The molecule has 0 bridgehead atoms. The zero-order valence-corrected chi connectivity index (χ0v) is 20.7. The molecule has 7 nitrogen and oxygen atoms in total. The second-order valence-electron chi connectivity index (χ2n) is 7.91. The number of rotatable bonds is 6. The van der Waals surface area contributed by atoms with Gasteiger partial charge in [0.25, 0.3) is 5.91 Å². The van der Waals surface area contributed by atoms with Crippen LogP contribution in [0.15, 0.2) is 74.0 Å². The van der Waals surface area contributed by atoms with Crippen LogP contribution in [0, 0.1) is 6.92 Å². The van der Waals surface area contributed by atoms with E-state index in [1.807, 2.05) is 19.1 Å². The molecule has 0 saturated carbocycles. The van der Waals surface area contributed by atoms with Gasteiger partial charge in [0.15, 0.2) is 23.0 Å². The highest BCUT2D eigenvalue weighted by molar-refractivity contribution is 9.10. The van der Waals surface area contributed by atoms with E-state index in [0.29, 0.717) is 39.5 Å². The number of anilines is 1. The van der Waals surface area contributed by atoms with Crippen LogP contribution in [0.1, 0.15) is 32.2 Å². The Bertz CT molecular complexity index is 1610. The number of hydrogen-bond donors (Lipinski definition) is 1. The van der Waals surface area contributed by atoms with Crippen molar-refractivity contribution in [2.75, 3.05) is 19.5 Å². The molecule has 0 aliphatic heterocycles. The fourth-order valence-electron chi connectivity index (χ4n) is 3.94.